The smallest absolute Gasteiger partial charge is 0.252 e. The molecule has 0 spiro atoms. The third-order valence-electron chi connectivity index (χ3n) is 4.93. The molecule has 0 saturated carbocycles. The lowest BCUT2D eigenvalue weighted by molar-refractivity contribution is -0.131. The molecule has 0 heterocycles. The number of amides is 2. The summed E-state index contributed by atoms with van der Waals surface area (Å²) < 4.78 is 14.2. The zero-order chi connectivity index (χ0) is 26.1. The van der Waals surface area contributed by atoms with Gasteiger partial charge in [-0.1, -0.05) is 40.2 Å². The number of carbonyl (C=O) groups excluding carboxylic acids is 2. The Morgan fingerprint density at radius 3 is 2.39 bits per heavy atom. The molecule has 0 aromatic heterocycles. The van der Waals surface area contributed by atoms with Crippen molar-refractivity contribution in [2.45, 2.75) is 20.5 Å². The van der Waals surface area contributed by atoms with E-state index >= 15 is 0 Å². The molecule has 0 aliphatic carbocycles. The summed E-state index contributed by atoms with van der Waals surface area (Å²) in [5.41, 5.74) is 4.69. The number of carbonyl (C=O) groups is 2. The molecule has 36 heavy (non-hydrogen) atoms. The van der Waals surface area contributed by atoms with Gasteiger partial charge in [0.05, 0.1) is 23.0 Å². The van der Waals surface area contributed by atoms with Gasteiger partial charge in [0, 0.05) is 8.95 Å². The molecule has 3 aromatic rings. The summed E-state index contributed by atoms with van der Waals surface area (Å²) >= 11 is 10.3. The number of halogens is 3. The van der Waals surface area contributed by atoms with Gasteiger partial charge in [0.15, 0.2) is 11.5 Å². The van der Waals surface area contributed by atoms with Crippen LogP contribution in [0.2, 0.25) is 0 Å². The fourth-order valence-corrected chi connectivity index (χ4v) is 4.21. The van der Waals surface area contributed by atoms with Gasteiger partial charge in [0.1, 0.15) is 12.5 Å². The van der Waals surface area contributed by atoms with E-state index in [1.807, 2.05) is 37.3 Å². The molecule has 0 bridgehead atoms. The van der Waals surface area contributed by atoms with Crippen LogP contribution in [0.5, 0.6) is 11.5 Å². The Morgan fingerprint density at radius 1 is 0.972 bits per heavy atom. The summed E-state index contributed by atoms with van der Waals surface area (Å²) in [5.74, 6) is -0.816. The van der Waals surface area contributed by atoms with Crippen LogP contribution in [0.4, 0.5) is 5.69 Å². The minimum Gasteiger partial charge on any atom is -0.490 e. The molecule has 0 saturated heterocycles. The maximum absolute atomic E-state index is 12.4. The van der Waals surface area contributed by atoms with E-state index in [2.05, 4.69) is 63.6 Å². The molecule has 0 radical (unpaired) electrons. The third kappa shape index (κ3) is 7.91. The van der Waals surface area contributed by atoms with Crippen molar-refractivity contribution in [3.63, 3.8) is 0 Å². The van der Waals surface area contributed by atoms with Crippen LogP contribution in [-0.4, -0.2) is 24.6 Å². The number of para-hydroxylation sites is 1. The highest BCUT2D eigenvalue weighted by Crippen LogP contribution is 2.37. The average Bonchev–Trinajstić information content (AvgIpc) is 2.85. The zero-order valence-corrected chi connectivity index (χ0v) is 24.3. The van der Waals surface area contributed by atoms with E-state index in [-0.39, 0.29) is 0 Å². The van der Waals surface area contributed by atoms with Crippen molar-refractivity contribution in [3.8, 4) is 11.5 Å². The van der Waals surface area contributed by atoms with E-state index in [0.29, 0.717) is 40.4 Å². The lowest BCUT2D eigenvalue weighted by Gasteiger charge is -2.15. The first-order valence-corrected chi connectivity index (χ1v) is 13.4. The van der Waals surface area contributed by atoms with E-state index in [0.717, 1.165) is 14.5 Å². The normalized spacial score (nSPS) is 11.7. The Hall–Kier alpha value is -2.69. The van der Waals surface area contributed by atoms with E-state index < -0.39 is 17.7 Å². The van der Waals surface area contributed by atoms with Gasteiger partial charge in [0.25, 0.3) is 5.91 Å². The molecule has 3 aromatic carbocycles. The van der Waals surface area contributed by atoms with Crippen molar-refractivity contribution in [2.75, 3.05) is 11.9 Å². The van der Waals surface area contributed by atoms with Gasteiger partial charge in [0.2, 0.25) is 5.91 Å². The van der Waals surface area contributed by atoms with E-state index in [1.165, 1.54) is 13.1 Å². The first-order chi connectivity index (χ1) is 17.3. The lowest BCUT2D eigenvalue weighted by atomic mass is 10.1. The summed E-state index contributed by atoms with van der Waals surface area (Å²) in [6, 6.07) is 18.6. The van der Waals surface area contributed by atoms with E-state index in [9.17, 15) is 9.59 Å². The second-order valence-corrected chi connectivity index (χ2v) is 10.2. The Bertz CT molecular complexity index is 1250. The predicted octanol–water partition coefficient (Wildman–Crippen LogP) is 6.68. The number of benzene rings is 3. The van der Waals surface area contributed by atoms with Crippen LogP contribution in [0.1, 0.15) is 25.0 Å². The van der Waals surface area contributed by atoms with Gasteiger partial charge < -0.3 is 14.8 Å². The highest BCUT2D eigenvalue weighted by molar-refractivity contribution is 9.11. The SMILES string of the molecule is CCOc1cc(C=NNC(=O)C(C)C(=O)Nc2ccccc2Br)cc(Br)c1OCc1ccc(Br)cc1. The first-order valence-electron chi connectivity index (χ1n) is 11.0. The molecule has 0 aliphatic rings. The monoisotopic (exact) mass is 679 g/mol. The second kappa shape index (κ2) is 13.6. The Kier molecular flexibility index (Phi) is 10.5. The van der Waals surface area contributed by atoms with E-state index in [4.69, 9.17) is 9.47 Å². The van der Waals surface area contributed by atoms with Crippen LogP contribution in [0.3, 0.4) is 0 Å². The number of nitrogens with one attached hydrogen (secondary N) is 2. The van der Waals surface area contributed by atoms with Crippen molar-refractivity contribution in [2.24, 2.45) is 11.0 Å². The van der Waals surface area contributed by atoms with Gasteiger partial charge in [-0.05, 0) is 93.2 Å². The van der Waals surface area contributed by atoms with Crippen LogP contribution in [-0.2, 0) is 16.2 Å². The molecular weight excluding hydrogens is 658 g/mol. The van der Waals surface area contributed by atoms with Gasteiger partial charge >= 0.3 is 0 Å². The van der Waals surface area contributed by atoms with Gasteiger partial charge in [-0.15, -0.1) is 0 Å². The van der Waals surface area contributed by atoms with Crippen LogP contribution in [0.15, 0.2) is 79.2 Å². The molecule has 0 fully saturated rings. The number of anilines is 1. The van der Waals surface area contributed by atoms with Crippen LogP contribution < -0.4 is 20.2 Å². The predicted molar refractivity (Wildman–Crippen MR) is 151 cm³/mol. The van der Waals surface area contributed by atoms with Crippen LogP contribution in [0, 0.1) is 5.92 Å². The number of hydrazone groups is 1. The summed E-state index contributed by atoms with van der Waals surface area (Å²) in [4.78, 5) is 24.9. The maximum Gasteiger partial charge on any atom is 0.252 e. The standard InChI is InChI=1S/C26H24Br3N3O4/c1-3-35-23-13-18(12-21(29)24(23)36-15-17-8-10-19(27)11-9-17)14-30-32-26(34)16(2)25(33)31-22-7-5-4-6-20(22)28/h4-14,16H,3,15H2,1-2H3,(H,31,33)(H,32,34). The lowest BCUT2D eigenvalue weighted by Crippen LogP contribution is -2.34. The average molecular weight is 682 g/mol. The summed E-state index contributed by atoms with van der Waals surface area (Å²) in [6.07, 6.45) is 1.47. The van der Waals surface area contributed by atoms with Gasteiger partial charge in [-0.3, -0.25) is 9.59 Å². The highest BCUT2D eigenvalue weighted by atomic mass is 79.9. The molecule has 7 nitrogen and oxygen atoms in total. The quantitative estimate of drug-likeness (QED) is 0.142. The Morgan fingerprint density at radius 2 is 1.69 bits per heavy atom. The number of hydrogen-bond donors (Lipinski definition) is 2. The second-order valence-electron chi connectivity index (χ2n) is 7.60. The third-order valence-corrected chi connectivity index (χ3v) is 6.74. The Balaban J connectivity index is 1.63. The molecular formula is C26H24Br3N3O4. The minimum atomic E-state index is -0.950. The van der Waals surface area contributed by atoms with Gasteiger partial charge in [-0.25, -0.2) is 5.43 Å². The first kappa shape index (κ1) is 27.9. The van der Waals surface area contributed by atoms with Crippen molar-refractivity contribution in [1.29, 1.82) is 0 Å². The maximum atomic E-state index is 12.4. The molecule has 10 heteroatoms. The van der Waals surface area contributed by atoms with Crippen LogP contribution >= 0.6 is 47.8 Å². The highest BCUT2D eigenvalue weighted by Gasteiger charge is 2.22. The fraction of sp³-hybridized carbons (Fsp3) is 0.192. The Labute approximate surface area is 235 Å². The van der Waals surface area contributed by atoms with Crippen molar-refractivity contribution in [3.05, 3.63) is 85.2 Å². The number of hydrogen-bond acceptors (Lipinski definition) is 5. The zero-order valence-electron chi connectivity index (χ0n) is 19.6. The number of nitrogens with zero attached hydrogens (tertiary/aromatic N) is 1. The van der Waals surface area contributed by atoms with Gasteiger partial charge in [-0.2, -0.15) is 5.10 Å². The molecule has 2 amide bonds. The van der Waals surface area contributed by atoms with Crippen molar-refractivity contribution in [1.82, 2.24) is 5.43 Å². The minimum absolute atomic E-state index is 0.370. The van der Waals surface area contributed by atoms with E-state index in [1.54, 1.807) is 30.3 Å². The molecule has 1 atom stereocenters. The fourth-order valence-electron chi connectivity index (χ4n) is 2.99. The largest absolute Gasteiger partial charge is 0.490 e. The van der Waals surface area contributed by atoms with Crippen molar-refractivity contribution >= 4 is 71.5 Å². The molecule has 1 unspecified atom stereocenters. The number of ether oxygens (including phenoxy) is 2. The summed E-state index contributed by atoms with van der Waals surface area (Å²) in [6.45, 7) is 4.21. The summed E-state index contributed by atoms with van der Waals surface area (Å²) in [7, 11) is 0. The molecule has 2 N–H and O–H groups in total. The number of rotatable bonds is 10. The van der Waals surface area contributed by atoms with Crippen LogP contribution in [0.25, 0.3) is 0 Å². The summed E-state index contributed by atoms with van der Waals surface area (Å²) in [5, 5.41) is 6.73. The topological polar surface area (TPSA) is 89.0 Å². The molecule has 0 aliphatic heterocycles. The molecule has 188 valence electrons. The van der Waals surface area contributed by atoms with Crippen molar-refractivity contribution < 1.29 is 19.1 Å². The molecule has 3 rings (SSSR count).